The van der Waals surface area contributed by atoms with Crippen LogP contribution in [0.1, 0.15) is 18.4 Å². The zero-order valence-electron chi connectivity index (χ0n) is 15.6. The highest BCUT2D eigenvalue weighted by Crippen LogP contribution is 2.14. The third kappa shape index (κ3) is 5.23. The van der Waals surface area contributed by atoms with Gasteiger partial charge in [0.2, 0.25) is 5.91 Å². The van der Waals surface area contributed by atoms with Crippen molar-refractivity contribution in [2.24, 2.45) is 0 Å². The Labute approximate surface area is 151 Å². The molecule has 0 aliphatic carbocycles. The van der Waals surface area contributed by atoms with Crippen LogP contribution in [0.5, 0.6) is 0 Å². The molecule has 3 rings (SSSR count). The molecule has 1 aromatic heterocycles. The summed E-state index contributed by atoms with van der Waals surface area (Å²) >= 11 is 0. The van der Waals surface area contributed by atoms with Gasteiger partial charge in [0.15, 0.2) is 0 Å². The van der Waals surface area contributed by atoms with E-state index >= 15 is 0 Å². The third-order valence-corrected chi connectivity index (χ3v) is 5.43. The lowest BCUT2D eigenvalue weighted by molar-refractivity contribution is -0.132. The average molecular weight is 345 g/mol. The molecular weight excluding hydrogens is 314 g/mol. The number of rotatable bonds is 5. The van der Waals surface area contributed by atoms with E-state index in [9.17, 15) is 4.79 Å². The summed E-state index contributed by atoms with van der Waals surface area (Å²) in [6.07, 6.45) is 5.91. The van der Waals surface area contributed by atoms with Crippen molar-refractivity contribution >= 4 is 5.91 Å². The first kappa shape index (κ1) is 18.3. The Morgan fingerprint density at radius 1 is 1.12 bits per heavy atom. The van der Waals surface area contributed by atoms with E-state index in [1.807, 2.05) is 12.4 Å². The van der Waals surface area contributed by atoms with Crippen molar-refractivity contribution in [1.82, 2.24) is 24.6 Å². The number of carbonyl (C=O) groups is 1. The summed E-state index contributed by atoms with van der Waals surface area (Å²) in [4.78, 5) is 25.9. The van der Waals surface area contributed by atoms with Gasteiger partial charge in [0.05, 0.1) is 6.54 Å². The standard InChI is InChI=1S/C19H31N5O/c1-21(2)18-6-11-23(15-18)16-19(25)24-10-3-9-22(12-13-24)14-17-4-7-20-8-5-17/h4-5,7-8,18H,3,6,9-16H2,1-2H3/t18-/m0/s1. The van der Waals surface area contributed by atoms with Crippen LogP contribution >= 0.6 is 0 Å². The van der Waals surface area contributed by atoms with Crippen LogP contribution in [0.4, 0.5) is 0 Å². The molecule has 1 aromatic rings. The second-order valence-corrected chi connectivity index (χ2v) is 7.51. The number of amides is 1. The molecule has 1 atom stereocenters. The molecule has 3 heterocycles. The van der Waals surface area contributed by atoms with Gasteiger partial charge >= 0.3 is 0 Å². The first-order valence-electron chi connectivity index (χ1n) is 9.39. The largest absolute Gasteiger partial charge is 0.340 e. The van der Waals surface area contributed by atoms with Crippen molar-refractivity contribution in [3.63, 3.8) is 0 Å². The van der Waals surface area contributed by atoms with Crippen LogP contribution < -0.4 is 0 Å². The van der Waals surface area contributed by atoms with E-state index in [1.54, 1.807) is 0 Å². The topological polar surface area (TPSA) is 42.9 Å². The first-order chi connectivity index (χ1) is 12.1. The van der Waals surface area contributed by atoms with Gasteiger partial charge in [0.1, 0.15) is 0 Å². The Morgan fingerprint density at radius 3 is 2.64 bits per heavy atom. The van der Waals surface area contributed by atoms with Crippen molar-refractivity contribution in [3.8, 4) is 0 Å². The van der Waals surface area contributed by atoms with E-state index < -0.39 is 0 Å². The van der Waals surface area contributed by atoms with E-state index in [2.05, 4.69) is 50.8 Å². The van der Waals surface area contributed by atoms with Gasteiger partial charge in [0.25, 0.3) is 0 Å². The maximum absolute atomic E-state index is 12.7. The van der Waals surface area contributed by atoms with Crippen molar-refractivity contribution in [1.29, 1.82) is 0 Å². The van der Waals surface area contributed by atoms with E-state index in [-0.39, 0.29) is 0 Å². The zero-order chi connectivity index (χ0) is 17.6. The summed E-state index contributed by atoms with van der Waals surface area (Å²) in [6.45, 7) is 7.31. The number of likely N-dealkylation sites (tertiary alicyclic amines) is 1. The molecule has 0 N–H and O–H groups in total. The van der Waals surface area contributed by atoms with Gasteiger partial charge in [-0.1, -0.05) is 0 Å². The Hall–Kier alpha value is -1.50. The Kier molecular flexibility index (Phi) is 6.39. The Balaban J connectivity index is 1.45. The molecule has 138 valence electrons. The summed E-state index contributed by atoms with van der Waals surface area (Å²) in [5, 5.41) is 0. The van der Waals surface area contributed by atoms with Crippen LogP contribution in [0.2, 0.25) is 0 Å². The molecule has 0 spiro atoms. The summed E-state index contributed by atoms with van der Waals surface area (Å²) in [5.41, 5.74) is 1.29. The van der Waals surface area contributed by atoms with Gasteiger partial charge in [-0.3, -0.25) is 19.6 Å². The first-order valence-corrected chi connectivity index (χ1v) is 9.39. The second kappa shape index (κ2) is 8.74. The van der Waals surface area contributed by atoms with Crippen LogP contribution in [0.15, 0.2) is 24.5 Å². The SMILES string of the molecule is CN(C)[C@H]1CCN(CC(=O)N2CCCN(Cc3ccncc3)CC2)C1. The quantitative estimate of drug-likeness (QED) is 0.788. The molecule has 6 heteroatoms. The minimum atomic E-state index is 0.296. The normalized spacial score (nSPS) is 23.2. The zero-order valence-corrected chi connectivity index (χ0v) is 15.6. The fourth-order valence-corrected chi connectivity index (χ4v) is 3.79. The molecule has 0 aromatic carbocycles. The lowest BCUT2D eigenvalue weighted by Crippen LogP contribution is -2.42. The van der Waals surface area contributed by atoms with Crippen LogP contribution in [-0.2, 0) is 11.3 Å². The molecule has 0 radical (unpaired) electrons. The van der Waals surface area contributed by atoms with Crippen LogP contribution in [0, 0.1) is 0 Å². The van der Waals surface area contributed by atoms with Crippen LogP contribution in [0.3, 0.4) is 0 Å². The van der Waals surface area contributed by atoms with E-state index in [0.717, 1.165) is 52.2 Å². The number of aromatic nitrogens is 1. The van der Waals surface area contributed by atoms with E-state index in [1.165, 1.54) is 12.0 Å². The molecule has 0 bridgehead atoms. The monoisotopic (exact) mass is 345 g/mol. The number of likely N-dealkylation sites (N-methyl/N-ethyl adjacent to an activating group) is 1. The Bertz CT molecular complexity index is 550. The lowest BCUT2D eigenvalue weighted by Gasteiger charge is -2.25. The summed E-state index contributed by atoms with van der Waals surface area (Å²) in [5.74, 6) is 0.296. The molecule has 0 unspecified atom stereocenters. The highest BCUT2D eigenvalue weighted by Gasteiger charge is 2.27. The third-order valence-electron chi connectivity index (χ3n) is 5.43. The van der Waals surface area contributed by atoms with Crippen molar-refractivity contribution in [2.45, 2.75) is 25.4 Å². The van der Waals surface area contributed by atoms with Gasteiger partial charge in [-0.15, -0.1) is 0 Å². The molecule has 2 aliphatic rings. The highest BCUT2D eigenvalue weighted by atomic mass is 16.2. The number of hydrogen-bond donors (Lipinski definition) is 0. The van der Waals surface area contributed by atoms with Gasteiger partial charge in [-0.25, -0.2) is 0 Å². The number of hydrogen-bond acceptors (Lipinski definition) is 5. The predicted octanol–water partition coefficient (Wildman–Crippen LogP) is 0.752. The number of carbonyl (C=O) groups excluding carboxylic acids is 1. The van der Waals surface area contributed by atoms with Gasteiger partial charge in [-0.2, -0.15) is 0 Å². The van der Waals surface area contributed by atoms with Gasteiger partial charge in [-0.05, 0) is 44.6 Å². The maximum Gasteiger partial charge on any atom is 0.236 e. The molecule has 2 saturated heterocycles. The molecule has 25 heavy (non-hydrogen) atoms. The van der Waals surface area contributed by atoms with Crippen LogP contribution in [0.25, 0.3) is 0 Å². The molecule has 1 amide bonds. The fraction of sp³-hybridized carbons (Fsp3) is 0.684. The van der Waals surface area contributed by atoms with E-state index in [0.29, 0.717) is 18.5 Å². The smallest absolute Gasteiger partial charge is 0.236 e. The summed E-state index contributed by atoms with van der Waals surface area (Å²) in [7, 11) is 4.25. The predicted molar refractivity (Wildman–Crippen MR) is 99.2 cm³/mol. The van der Waals surface area contributed by atoms with Crippen molar-refractivity contribution in [3.05, 3.63) is 30.1 Å². The fourth-order valence-electron chi connectivity index (χ4n) is 3.79. The highest BCUT2D eigenvalue weighted by molar-refractivity contribution is 5.78. The molecular formula is C19H31N5O. The van der Waals surface area contributed by atoms with Gasteiger partial charge in [0, 0.05) is 64.2 Å². The molecule has 0 saturated carbocycles. The second-order valence-electron chi connectivity index (χ2n) is 7.51. The van der Waals surface area contributed by atoms with Gasteiger partial charge < -0.3 is 9.80 Å². The molecule has 6 nitrogen and oxygen atoms in total. The minimum Gasteiger partial charge on any atom is -0.340 e. The number of pyridine rings is 1. The van der Waals surface area contributed by atoms with E-state index in [4.69, 9.17) is 0 Å². The minimum absolute atomic E-state index is 0.296. The van der Waals surface area contributed by atoms with Crippen molar-refractivity contribution < 1.29 is 4.79 Å². The molecule has 2 aliphatic heterocycles. The molecule has 2 fully saturated rings. The lowest BCUT2D eigenvalue weighted by atomic mass is 10.2. The van der Waals surface area contributed by atoms with Crippen LogP contribution in [-0.4, -0.2) is 96.4 Å². The Morgan fingerprint density at radius 2 is 1.92 bits per heavy atom. The van der Waals surface area contributed by atoms with Crippen molar-refractivity contribution in [2.75, 3.05) is 59.9 Å². The summed E-state index contributed by atoms with van der Waals surface area (Å²) in [6, 6.07) is 4.73. The maximum atomic E-state index is 12.7. The summed E-state index contributed by atoms with van der Waals surface area (Å²) < 4.78 is 0. The number of nitrogens with zero attached hydrogens (tertiary/aromatic N) is 5. The average Bonchev–Trinajstić information content (AvgIpc) is 2.94.